The van der Waals surface area contributed by atoms with Crippen LogP contribution in [0.5, 0.6) is 11.8 Å². The molecule has 4 nitrogen and oxygen atoms in total. The third kappa shape index (κ3) is 3.60. The van der Waals surface area contributed by atoms with E-state index in [1.807, 2.05) is 25.1 Å². The molecule has 2 N–H and O–H groups in total. The molecule has 0 bridgehead atoms. The van der Waals surface area contributed by atoms with Gasteiger partial charge >= 0.3 is 0 Å². The standard InChI is InChI=1S/C14H22N2O2/c1-2-17-12-7-6-8-13(16-12)18-11-14(15)9-4-3-5-10-14/h6-8H,2-5,9-11,15H2,1H3. The summed E-state index contributed by atoms with van der Waals surface area (Å²) in [5.41, 5.74) is 6.14. The van der Waals surface area contributed by atoms with Gasteiger partial charge in [0.2, 0.25) is 11.8 Å². The van der Waals surface area contributed by atoms with E-state index in [1.54, 1.807) is 0 Å². The van der Waals surface area contributed by atoms with Gasteiger partial charge < -0.3 is 15.2 Å². The Morgan fingerprint density at radius 1 is 1.17 bits per heavy atom. The molecule has 1 fully saturated rings. The maximum Gasteiger partial charge on any atom is 0.216 e. The second-order valence-corrected chi connectivity index (χ2v) is 4.96. The van der Waals surface area contributed by atoms with E-state index in [0.29, 0.717) is 25.0 Å². The zero-order valence-electron chi connectivity index (χ0n) is 11.0. The largest absolute Gasteiger partial charge is 0.478 e. The Morgan fingerprint density at radius 2 is 1.83 bits per heavy atom. The van der Waals surface area contributed by atoms with Crippen LogP contribution in [-0.4, -0.2) is 23.7 Å². The predicted molar refractivity (Wildman–Crippen MR) is 70.9 cm³/mol. The van der Waals surface area contributed by atoms with E-state index in [0.717, 1.165) is 12.8 Å². The molecule has 4 heteroatoms. The van der Waals surface area contributed by atoms with Crippen LogP contribution in [0.1, 0.15) is 39.0 Å². The normalized spacial score (nSPS) is 18.3. The molecule has 0 saturated heterocycles. The Balaban J connectivity index is 1.90. The molecule has 0 atom stereocenters. The monoisotopic (exact) mass is 250 g/mol. The van der Waals surface area contributed by atoms with Crippen molar-refractivity contribution in [3.05, 3.63) is 18.2 Å². The quantitative estimate of drug-likeness (QED) is 0.872. The predicted octanol–water partition coefficient (Wildman–Crippen LogP) is 2.52. The SMILES string of the molecule is CCOc1cccc(OCC2(N)CCCCC2)n1. The molecule has 1 aliphatic rings. The molecule has 100 valence electrons. The number of hydrogen-bond donors (Lipinski definition) is 1. The number of pyridine rings is 1. The van der Waals surface area contributed by atoms with Gasteiger partial charge in [-0.05, 0) is 19.8 Å². The molecule has 1 heterocycles. The van der Waals surface area contributed by atoms with Crippen LogP contribution in [0.4, 0.5) is 0 Å². The molecule has 18 heavy (non-hydrogen) atoms. The maximum absolute atomic E-state index is 6.32. The molecule has 0 aliphatic heterocycles. The molecule has 1 aliphatic carbocycles. The fourth-order valence-electron chi connectivity index (χ4n) is 2.32. The molecule has 2 rings (SSSR count). The zero-order chi connectivity index (χ0) is 12.8. The molecule has 0 aromatic carbocycles. The van der Waals surface area contributed by atoms with Crippen molar-refractivity contribution in [1.82, 2.24) is 4.98 Å². The van der Waals surface area contributed by atoms with E-state index in [-0.39, 0.29) is 5.54 Å². The molecular weight excluding hydrogens is 228 g/mol. The van der Waals surface area contributed by atoms with Gasteiger partial charge in [-0.25, -0.2) is 0 Å². The molecule has 1 saturated carbocycles. The summed E-state index contributed by atoms with van der Waals surface area (Å²) >= 11 is 0. The zero-order valence-corrected chi connectivity index (χ0v) is 11.0. The fourth-order valence-corrected chi connectivity index (χ4v) is 2.32. The Hall–Kier alpha value is -1.29. The first-order chi connectivity index (χ1) is 8.72. The van der Waals surface area contributed by atoms with Crippen molar-refractivity contribution in [2.45, 2.75) is 44.6 Å². The van der Waals surface area contributed by atoms with Gasteiger partial charge in [0, 0.05) is 12.1 Å². The molecular formula is C14H22N2O2. The van der Waals surface area contributed by atoms with Gasteiger partial charge in [-0.15, -0.1) is 0 Å². The molecule has 1 aromatic rings. The maximum atomic E-state index is 6.32. The van der Waals surface area contributed by atoms with E-state index >= 15 is 0 Å². The van der Waals surface area contributed by atoms with E-state index in [4.69, 9.17) is 15.2 Å². The Morgan fingerprint density at radius 3 is 2.50 bits per heavy atom. The highest BCUT2D eigenvalue weighted by molar-refractivity contribution is 5.19. The number of ether oxygens (including phenoxy) is 2. The van der Waals surface area contributed by atoms with Gasteiger partial charge in [0.05, 0.1) is 12.1 Å². The highest BCUT2D eigenvalue weighted by atomic mass is 16.5. The third-order valence-electron chi connectivity index (χ3n) is 3.35. The topological polar surface area (TPSA) is 57.4 Å². The van der Waals surface area contributed by atoms with Gasteiger partial charge in [0.1, 0.15) is 6.61 Å². The molecule has 0 amide bonds. The molecule has 0 spiro atoms. The van der Waals surface area contributed by atoms with Gasteiger partial charge in [-0.1, -0.05) is 25.3 Å². The van der Waals surface area contributed by atoms with Crippen LogP contribution < -0.4 is 15.2 Å². The smallest absolute Gasteiger partial charge is 0.216 e. The first-order valence-corrected chi connectivity index (χ1v) is 6.73. The first kappa shape index (κ1) is 13.1. The van der Waals surface area contributed by atoms with Gasteiger partial charge in [-0.3, -0.25) is 0 Å². The summed E-state index contributed by atoms with van der Waals surface area (Å²) in [5.74, 6) is 1.20. The average molecular weight is 250 g/mol. The highest BCUT2D eigenvalue weighted by Gasteiger charge is 2.28. The van der Waals surface area contributed by atoms with Crippen molar-refractivity contribution in [3.8, 4) is 11.8 Å². The van der Waals surface area contributed by atoms with Crippen LogP contribution in [0, 0.1) is 0 Å². The van der Waals surface area contributed by atoms with Crippen molar-refractivity contribution in [3.63, 3.8) is 0 Å². The fraction of sp³-hybridized carbons (Fsp3) is 0.643. The summed E-state index contributed by atoms with van der Waals surface area (Å²) in [4.78, 5) is 4.28. The van der Waals surface area contributed by atoms with Crippen molar-refractivity contribution < 1.29 is 9.47 Å². The second-order valence-electron chi connectivity index (χ2n) is 4.96. The summed E-state index contributed by atoms with van der Waals surface area (Å²) in [6, 6.07) is 5.56. The van der Waals surface area contributed by atoms with Gasteiger partial charge in [0.15, 0.2) is 0 Å². The van der Waals surface area contributed by atoms with Crippen LogP contribution in [0.15, 0.2) is 18.2 Å². The van der Waals surface area contributed by atoms with E-state index in [9.17, 15) is 0 Å². The van der Waals surface area contributed by atoms with Crippen LogP contribution in [0.3, 0.4) is 0 Å². The summed E-state index contributed by atoms with van der Waals surface area (Å²) < 4.78 is 11.1. The van der Waals surface area contributed by atoms with Crippen LogP contribution in [0.2, 0.25) is 0 Å². The van der Waals surface area contributed by atoms with Gasteiger partial charge in [0.25, 0.3) is 0 Å². The lowest BCUT2D eigenvalue weighted by molar-refractivity contribution is 0.167. The van der Waals surface area contributed by atoms with Crippen LogP contribution in [0.25, 0.3) is 0 Å². The third-order valence-corrected chi connectivity index (χ3v) is 3.35. The summed E-state index contributed by atoms with van der Waals surface area (Å²) in [6.45, 7) is 3.08. The minimum atomic E-state index is -0.179. The molecule has 0 radical (unpaired) electrons. The van der Waals surface area contributed by atoms with E-state index < -0.39 is 0 Å². The minimum absolute atomic E-state index is 0.179. The first-order valence-electron chi connectivity index (χ1n) is 6.73. The lowest BCUT2D eigenvalue weighted by atomic mass is 9.83. The number of aromatic nitrogens is 1. The van der Waals surface area contributed by atoms with Gasteiger partial charge in [-0.2, -0.15) is 4.98 Å². The molecule has 0 unspecified atom stereocenters. The van der Waals surface area contributed by atoms with Crippen molar-refractivity contribution in [2.75, 3.05) is 13.2 Å². The highest BCUT2D eigenvalue weighted by Crippen LogP contribution is 2.26. The molecule has 1 aromatic heterocycles. The van der Waals surface area contributed by atoms with Crippen LogP contribution in [-0.2, 0) is 0 Å². The summed E-state index contributed by atoms with van der Waals surface area (Å²) in [5, 5.41) is 0. The Labute approximate surface area is 108 Å². The van der Waals surface area contributed by atoms with Crippen LogP contribution >= 0.6 is 0 Å². The summed E-state index contributed by atoms with van der Waals surface area (Å²) in [6.07, 6.45) is 5.77. The van der Waals surface area contributed by atoms with Crippen molar-refractivity contribution in [2.24, 2.45) is 5.73 Å². The average Bonchev–Trinajstić information content (AvgIpc) is 2.38. The number of nitrogens with zero attached hydrogens (tertiary/aromatic N) is 1. The minimum Gasteiger partial charge on any atom is -0.478 e. The lowest BCUT2D eigenvalue weighted by Gasteiger charge is -2.32. The Bertz CT molecular complexity index is 376. The lowest BCUT2D eigenvalue weighted by Crippen LogP contribution is -2.47. The number of nitrogens with two attached hydrogens (primary N) is 1. The van der Waals surface area contributed by atoms with E-state index in [2.05, 4.69) is 4.98 Å². The van der Waals surface area contributed by atoms with Crippen molar-refractivity contribution >= 4 is 0 Å². The second kappa shape index (κ2) is 6.05. The number of rotatable bonds is 5. The Kier molecular flexibility index (Phi) is 4.42. The number of hydrogen-bond acceptors (Lipinski definition) is 4. The summed E-state index contributed by atoms with van der Waals surface area (Å²) in [7, 11) is 0. The van der Waals surface area contributed by atoms with E-state index in [1.165, 1.54) is 19.3 Å². The van der Waals surface area contributed by atoms with Crippen molar-refractivity contribution in [1.29, 1.82) is 0 Å².